The number of ether oxygens (including phenoxy) is 1. The van der Waals surface area contributed by atoms with Crippen LogP contribution in [0.5, 0.6) is 0 Å². The Morgan fingerprint density at radius 3 is 3.14 bits per heavy atom. The van der Waals surface area contributed by atoms with E-state index in [9.17, 15) is 14.3 Å². The highest BCUT2D eigenvalue weighted by Gasteiger charge is 2.44. The molecule has 9 heteroatoms. The first kappa shape index (κ1) is 14.7. The SMILES string of the molecule is CCO[C@]1(CO)C[C@H](n2cnc3c(=O)[nH]c(N)nc32)C=C1F. The Bertz CT molecular complexity index is 799. The van der Waals surface area contributed by atoms with Gasteiger partial charge in [0.1, 0.15) is 11.4 Å². The van der Waals surface area contributed by atoms with Gasteiger partial charge in [0.25, 0.3) is 5.56 Å². The van der Waals surface area contributed by atoms with Crippen molar-refractivity contribution >= 4 is 17.1 Å². The van der Waals surface area contributed by atoms with Crippen molar-refractivity contribution in [3.8, 4) is 0 Å². The molecule has 0 bridgehead atoms. The molecule has 2 heterocycles. The second kappa shape index (κ2) is 5.18. The van der Waals surface area contributed by atoms with Gasteiger partial charge in [0.2, 0.25) is 5.95 Å². The summed E-state index contributed by atoms with van der Waals surface area (Å²) in [6.07, 6.45) is 2.93. The Hall–Kier alpha value is -2.26. The summed E-state index contributed by atoms with van der Waals surface area (Å²) in [6.45, 7) is 1.53. The third kappa shape index (κ3) is 2.09. The van der Waals surface area contributed by atoms with Gasteiger partial charge in [-0.05, 0) is 13.0 Å². The second-order valence-electron chi connectivity index (χ2n) is 5.15. The van der Waals surface area contributed by atoms with Crippen molar-refractivity contribution in [3.63, 3.8) is 0 Å². The highest BCUT2D eigenvalue weighted by Crippen LogP contribution is 2.41. The molecule has 0 aliphatic heterocycles. The summed E-state index contributed by atoms with van der Waals surface area (Å²) < 4.78 is 21.2. The number of anilines is 1. The van der Waals surface area contributed by atoms with E-state index in [1.165, 1.54) is 12.4 Å². The average Bonchev–Trinajstić information content (AvgIpc) is 3.02. The van der Waals surface area contributed by atoms with Crippen LogP contribution in [0.25, 0.3) is 11.2 Å². The standard InChI is InChI=1S/C13H16FN5O3/c1-2-22-13(5-20)4-7(3-8(13)14)19-6-16-9-10(19)17-12(15)18-11(9)21/h3,6-7,20H,2,4-5H2,1H3,(H3,15,17,18,21)/t7-,13+/m1/s1. The molecule has 2 aromatic heterocycles. The van der Waals surface area contributed by atoms with Gasteiger partial charge >= 0.3 is 0 Å². The lowest BCUT2D eigenvalue weighted by atomic mass is 10.0. The largest absolute Gasteiger partial charge is 0.393 e. The number of hydrogen-bond acceptors (Lipinski definition) is 6. The minimum Gasteiger partial charge on any atom is -0.393 e. The number of nitrogens with two attached hydrogens (primary N) is 1. The van der Waals surface area contributed by atoms with Crippen molar-refractivity contribution < 1.29 is 14.2 Å². The van der Waals surface area contributed by atoms with Crippen molar-refractivity contribution in [2.45, 2.75) is 25.0 Å². The zero-order valence-corrected chi connectivity index (χ0v) is 11.9. The summed E-state index contributed by atoms with van der Waals surface area (Å²) in [5.74, 6) is -0.582. The molecule has 0 saturated heterocycles. The Labute approximate surface area is 124 Å². The van der Waals surface area contributed by atoms with Gasteiger partial charge in [0.15, 0.2) is 11.2 Å². The topological polar surface area (TPSA) is 119 Å². The quantitative estimate of drug-likeness (QED) is 0.745. The zero-order valence-electron chi connectivity index (χ0n) is 11.9. The normalized spacial score (nSPS) is 24.9. The predicted molar refractivity (Wildman–Crippen MR) is 76.8 cm³/mol. The van der Waals surface area contributed by atoms with Gasteiger partial charge in [-0.2, -0.15) is 4.98 Å². The second-order valence-corrected chi connectivity index (χ2v) is 5.15. The third-order valence-electron chi connectivity index (χ3n) is 3.80. The Morgan fingerprint density at radius 1 is 1.68 bits per heavy atom. The molecule has 3 rings (SSSR count). The van der Waals surface area contributed by atoms with E-state index in [0.717, 1.165) is 0 Å². The van der Waals surface area contributed by atoms with E-state index in [0.29, 0.717) is 0 Å². The van der Waals surface area contributed by atoms with Gasteiger partial charge in [0.05, 0.1) is 19.0 Å². The van der Waals surface area contributed by atoms with Crippen molar-refractivity contribution in [1.82, 2.24) is 19.5 Å². The maximum atomic E-state index is 14.3. The minimum atomic E-state index is -1.36. The number of allylic oxidation sites excluding steroid dienone is 1. The fourth-order valence-electron chi connectivity index (χ4n) is 2.77. The van der Waals surface area contributed by atoms with Crippen LogP contribution in [0.1, 0.15) is 19.4 Å². The number of aromatic amines is 1. The molecule has 0 spiro atoms. The summed E-state index contributed by atoms with van der Waals surface area (Å²) in [6, 6.07) is -0.475. The molecule has 118 valence electrons. The molecule has 0 radical (unpaired) electrons. The first-order valence-electron chi connectivity index (χ1n) is 6.85. The van der Waals surface area contributed by atoms with Gasteiger partial charge in [-0.25, -0.2) is 9.37 Å². The summed E-state index contributed by atoms with van der Waals surface area (Å²) in [5, 5.41) is 9.51. The van der Waals surface area contributed by atoms with E-state index in [2.05, 4.69) is 15.0 Å². The van der Waals surface area contributed by atoms with Crippen LogP contribution in [-0.4, -0.2) is 43.4 Å². The number of hydrogen-bond donors (Lipinski definition) is 3. The highest BCUT2D eigenvalue weighted by atomic mass is 19.1. The van der Waals surface area contributed by atoms with Crippen LogP contribution in [-0.2, 0) is 4.74 Å². The first-order chi connectivity index (χ1) is 10.5. The Morgan fingerprint density at radius 2 is 2.45 bits per heavy atom. The number of nitrogen functional groups attached to an aromatic ring is 1. The summed E-state index contributed by atoms with van der Waals surface area (Å²) >= 11 is 0. The highest BCUT2D eigenvalue weighted by molar-refractivity contribution is 5.70. The molecule has 2 atom stereocenters. The lowest BCUT2D eigenvalue weighted by Crippen LogP contribution is -2.36. The summed E-state index contributed by atoms with van der Waals surface area (Å²) in [4.78, 5) is 22.2. The molecule has 0 unspecified atom stereocenters. The fourth-order valence-corrected chi connectivity index (χ4v) is 2.77. The number of imidazole rings is 1. The zero-order chi connectivity index (χ0) is 15.9. The van der Waals surface area contributed by atoms with Gasteiger partial charge in [-0.3, -0.25) is 9.78 Å². The molecular weight excluding hydrogens is 293 g/mol. The number of nitrogens with one attached hydrogen (secondary N) is 1. The molecule has 0 saturated carbocycles. The fraction of sp³-hybridized carbons (Fsp3) is 0.462. The van der Waals surface area contributed by atoms with Crippen LogP contribution in [0.4, 0.5) is 10.3 Å². The molecule has 1 aliphatic rings. The number of halogens is 1. The van der Waals surface area contributed by atoms with Crippen LogP contribution < -0.4 is 11.3 Å². The molecule has 8 nitrogen and oxygen atoms in total. The number of rotatable bonds is 4. The van der Waals surface area contributed by atoms with E-state index in [1.807, 2.05) is 0 Å². The number of aliphatic hydroxyl groups excluding tert-OH is 1. The third-order valence-corrected chi connectivity index (χ3v) is 3.80. The number of aliphatic hydroxyl groups is 1. The van der Waals surface area contributed by atoms with Crippen molar-refractivity contribution in [2.75, 3.05) is 18.9 Å². The van der Waals surface area contributed by atoms with Crippen LogP contribution in [0.3, 0.4) is 0 Å². The maximum Gasteiger partial charge on any atom is 0.280 e. The lowest BCUT2D eigenvalue weighted by Gasteiger charge is -2.27. The molecule has 0 aromatic carbocycles. The monoisotopic (exact) mass is 309 g/mol. The molecule has 0 fully saturated rings. The smallest absolute Gasteiger partial charge is 0.280 e. The summed E-state index contributed by atoms with van der Waals surface area (Å²) in [7, 11) is 0. The van der Waals surface area contributed by atoms with Gasteiger partial charge in [-0.15, -0.1) is 0 Å². The first-order valence-corrected chi connectivity index (χ1v) is 6.85. The lowest BCUT2D eigenvalue weighted by molar-refractivity contribution is -0.0627. The van der Waals surface area contributed by atoms with Crippen LogP contribution in [0.2, 0.25) is 0 Å². The van der Waals surface area contributed by atoms with E-state index >= 15 is 0 Å². The van der Waals surface area contributed by atoms with E-state index < -0.39 is 29.6 Å². The van der Waals surface area contributed by atoms with Crippen molar-refractivity contribution in [2.24, 2.45) is 0 Å². The molecule has 2 aromatic rings. The molecular formula is C13H16FN5O3. The number of aromatic nitrogens is 4. The molecule has 1 aliphatic carbocycles. The van der Waals surface area contributed by atoms with E-state index in [-0.39, 0.29) is 30.1 Å². The van der Waals surface area contributed by atoms with Gasteiger partial charge in [0, 0.05) is 13.0 Å². The van der Waals surface area contributed by atoms with Crippen LogP contribution in [0, 0.1) is 0 Å². The van der Waals surface area contributed by atoms with E-state index in [1.54, 1.807) is 11.5 Å². The molecule has 22 heavy (non-hydrogen) atoms. The van der Waals surface area contributed by atoms with Crippen LogP contribution in [0.15, 0.2) is 23.0 Å². The number of H-pyrrole nitrogens is 1. The average molecular weight is 309 g/mol. The van der Waals surface area contributed by atoms with E-state index in [4.69, 9.17) is 10.5 Å². The van der Waals surface area contributed by atoms with Crippen molar-refractivity contribution in [1.29, 1.82) is 0 Å². The van der Waals surface area contributed by atoms with Crippen molar-refractivity contribution in [3.05, 3.63) is 28.6 Å². The molecule has 4 N–H and O–H groups in total. The Kier molecular flexibility index (Phi) is 3.45. The molecule has 0 amide bonds. The number of nitrogens with zero attached hydrogens (tertiary/aromatic N) is 3. The maximum absolute atomic E-state index is 14.3. The summed E-state index contributed by atoms with van der Waals surface area (Å²) in [5.41, 5.74) is 4.12. The minimum absolute atomic E-state index is 0.0417. The predicted octanol–water partition coefficient (Wildman–Crippen LogP) is 0.268. The van der Waals surface area contributed by atoms with Crippen LogP contribution >= 0.6 is 0 Å². The Balaban J connectivity index is 2.05. The van der Waals surface area contributed by atoms with Gasteiger partial charge in [-0.1, -0.05) is 0 Å². The number of fused-ring (bicyclic) bond motifs is 1. The van der Waals surface area contributed by atoms with Gasteiger partial charge < -0.3 is 20.1 Å².